The lowest BCUT2D eigenvalue weighted by Gasteiger charge is -2.29. The predicted molar refractivity (Wildman–Crippen MR) is 107 cm³/mol. The van der Waals surface area contributed by atoms with Gasteiger partial charge in [0.25, 0.3) is 0 Å². The Balaban J connectivity index is 1.94. The van der Waals surface area contributed by atoms with Crippen LogP contribution >= 0.6 is 15.9 Å². The third-order valence-electron chi connectivity index (χ3n) is 4.93. The van der Waals surface area contributed by atoms with Gasteiger partial charge in [0.15, 0.2) is 5.78 Å². The molecule has 1 heterocycles. The molecule has 0 bridgehead atoms. The standard InChI is InChI=1S/C22H18BrNO3/c1-3-27-22(26)17-12(2)24-20-15-9-4-5-10-16(15)21(25)19(20)18(17)13-7-6-8-14(23)11-13/h4-11,18,24H,3H2,1-2H3/t18-/m1/s1. The van der Waals surface area contributed by atoms with E-state index in [9.17, 15) is 9.59 Å². The Morgan fingerprint density at radius 3 is 2.59 bits per heavy atom. The molecule has 1 aliphatic heterocycles. The molecule has 1 atom stereocenters. The van der Waals surface area contributed by atoms with Crippen LogP contribution in [0.1, 0.15) is 41.3 Å². The van der Waals surface area contributed by atoms with Crippen molar-refractivity contribution in [3.05, 3.63) is 86.5 Å². The molecule has 2 aromatic carbocycles. The minimum absolute atomic E-state index is 0.0487. The van der Waals surface area contributed by atoms with E-state index in [0.29, 0.717) is 22.4 Å². The van der Waals surface area contributed by atoms with Gasteiger partial charge >= 0.3 is 5.97 Å². The molecule has 0 aromatic heterocycles. The quantitative estimate of drug-likeness (QED) is 0.733. The summed E-state index contributed by atoms with van der Waals surface area (Å²) in [7, 11) is 0. The van der Waals surface area contributed by atoms with Crippen LogP contribution in [-0.4, -0.2) is 18.4 Å². The first-order valence-electron chi connectivity index (χ1n) is 8.81. The Hall–Kier alpha value is -2.66. The average molecular weight is 424 g/mol. The summed E-state index contributed by atoms with van der Waals surface area (Å²) in [4.78, 5) is 26.0. The Kier molecular flexibility index (Phi) is 4.48. The fourth-order valence-electron chi connectivity index (χ4n) is 3.83. The fraction of sp³-hybridized carbons (Fsp3) is 0.182. The van der Waals surface area contributed by atoms with Crippen molar-refractivity contribution < 1.29 is 14.3 Å². The van der Waals surface area contributed by atoms with Crippen molar-refractivity contribution >= 4 is 33.4 Å². The smallest absolute Gasteiger partial charge is 0.336 e. The van der Waals surface area contributed by atoms with Crippen molar-refractivity contribution in [1.82, 2.24) is 5.32 Å². The summed E-state index contributed by atoms with van der Waals surface area (Å²) in [5.41, 5.74) is 4.99. The van der Waals surface area contributed by atoms with Gasteiger partial charge in [-0.2, -0.15) is 0 Å². The number of Topliss-reactive ketones (excluding diaryl/α,β-unsaturated/α-hetero) is 1. The van der Waals surface area contributed by atoms with Crippen LogP contribution in [-0.2, 0) is 9.53 Å². The van der Waals surface area contributed by atoms with Gasteiger partial charge in [-0.05, 0) is 31.5 Å². The van der Waals surface area contributed by atoms with Crippen LogP contribution < -0.4 is 5.32 Å². The summed E-state index contributed by atoms with van der Waals surface area (Å²) in [6.07, 6.45) is 0. The van der Waals surface area contributed by atoms with E-state index in [4.69, 9.17) is 4.74 Å². The van der Waals surface area contributed by atoms with E-state index in [1.165, 1.54) is 0 Å². The number of halogens is 1. The van der Waals surface area contributed by atoms with E-state index in [-0.39, 0.29) is 12.4 Å². The van der Waals surface area contributed by atoms with Crippen molar-refractivity contribution in [2.75, 3.05) is 6.61 Å². The molecule has 0 amide bonds. The van der Waals surface area contributed by atoms with Crippen LogP contribution in [0.25, 0.3) is 5.70 Å². The normalized spacial score (nSPS) is 18.2. The molecule has 0 unspecified atom stereocenters. The van der Waals surface area contributed by atoms with Crippen LogP contribution in [0, 0.1) is 0 Å². The first kappa shape index (κ1) is 17.7. The van der Waals surface area contributed by atoms with Crippen LogP contribution in [0.2, 0.25) is 0 Å². The molecule has 1 N–H and O–H groups in total. The summed E-state index contributed by atoms with van der Waals surface area (Å²) >= 11 is 3.50. The van der Waals surface area contributed by atoms with Crippen molar-refractivity contribution in [3.63, 3.8) is 0 Å². The van der Waals surface area contributed by atoms with Crippen LogP contribution in [0.3, 0.4) is 0 Å². The Morgan fingerprint density at radius 2 is 1.89 bits per heavy atom. The minimum atomic E-state index is -0.474. The fourth-order valence-corrected chi connectivity index (χ4v) is 4.24. The highest BCUT2D eigenvalue weighted by atomic mass is 79.9. The Bertz CT molecular complexity index is 1040. The summed E-state index contributed by atoms with van der Waals surface area (Å²) < 4.78 is 6.21. The van der Waals surface area contributed by atoms with E-state index in [2.05, 4.69) is 21.2 Å². The Morgan fingerprint density at radius 1 is 1.15 bits per heavy atom. The SMILES string of the molecule is CCOC(=O)C1=C(C)NC2=C(C(=O)c3ccccc32)[C@@H]1c1cccc(Br)c1. The van der Waals surface area contributed by atoms with Gasteiger partial charge in [0, 0.05) is 32.8 Å². The molecule has 4 rings (SSSR count). The zero-order valence-corrected chi connectivity index (χ0v) is 16.6. The van der Waals surface area contributed by atoms with Gasteiger partial charge in [-0.25, -0.2) is 4.79 Å². The topological polar surface area (TPSA) is 55.4 Å². The van der Waals surface area contributed by atoms with Crippen molar-refractivity contribution in [3.8, 4) is 0 Å². The van der Waals surface area contributed by atoms with Crippen LogP contribution in [0.5, 0.6) is 0 Å². The number of fused-ring (bicyclic) bond motifs is 2. The van der Waals surface area contributed by atoms with Crippen molar-refractivity contribution in [2.24, 2.45) is 0 Å². The van der Waals surface area contributed by atoms with Gasteiger partial charge in [-0.1, -0.05) is 52.3 Å². The largest absolute Gasteiger partial charge is 0.463 e. The summed E-state index contributed by atoms with van der Waals surface area (Å²) in [5, 5.41) is 3.29. The molecule has 2 aliphatic rings. The number of ketones is 1. The van der Waals surface area contributed by atoms with E-state index in [1.807, 2.05) is 55.5 Å². The number of carbonyl (C=O) groups excluding carboxylic acids is 2. The van der Waals surface area contributed by atoms with E-state index < -0.39 is 11.9 Å². The predicted octanol–water partition coefficient (Wildman–Crippen LogP) is 4.58. The third-order valence-corrected chi connectivity index (χ3v) is 5.42. The maximum absolute atomic E-state index is 13.2. The summed E-state index contributed by atoms with van der Waals surface area (Å²) in [6, 6.07) is 15.3. The molecule has 0 saturated heterocycles. The molecule has 2 aromatic rings. The molecule has 0 fully saturated rings. The highest BCUT2D eigenvalue weighted by molar-refractivity contribution is 9.10. The van der Waals surface area contributed by atoms with Gasteiger partial charge in [-0.15, -0.1) is 0 Å². The molecule has 1 aliphatic carbocycles. The lowest BCUT2D eigenvalue weighted by Crippen LogP contribution is -2.29. The lowest BCUT2D eigenvalue weighted by atomic mass is 9.80. The van der Waals surface area contributed by atoms with Crippen LogP contribution in [0.4, 0.5) is 0 Å². The monoisotopic (exact) mass is 423 g/mol. The Labute approximate surface area is 166 Å². The highest BCUT2D eigenvalue weighted by Gasteiger charge is 2.42. The van der Waals surface area contributed by atoms with Crippen LogP contribution in [0.15, 0.2) is 69.8 Å². The number of hydrogen-bond donors (Lipinski definition) is 1. The van der Waals surface area contributed by atoms with Gasteiger partial charge in [0.05, 0.1) is 17.9 Å². The second kappa shape index (κ2) is 6.82. The summed E-state index contributed by atoms with van der Waals surface area (Å²) in [6.45, 7) is 3.91. The molecule has 27 heavy (non-hydrogen) atoms. The zero-order chi connectivity index (χ0) is 19.1. The highest BCUT2D eigenvalue weighted by Crippen LogP contribution is 2.46. The van der Waals surface area contributed by atoms with Gasteiger partial charge in [-0.3, -0.25) is 4.79 Å². The molecule has 0 saturated carbocycles. The first-order chi connectivity index (χ1) is 13.0. The van der Waals surface area contributed by atoms with Crippen molar-refractivity contribution in [1.29, 1.82) is 0 Å². The zero-order valence-electron chi connectivity index (χ0n) is 15.0. The molecule has 5 heteroatoms. The summed E-state index contributed by atoms with van der Waals surface area (Å²) in [5.74, 6) is -0.923. The lowest BCUT2D eigenvalue weighted by molar-refractivity contribution is -0.138. The van der Waals surface area contributed by atoms with E-state index >= 15 is 0 Å². The molecule has 0 radical (unpaired) electrons. The number of esters is 1. The number of rotatable bonds is 3. The maximum Gasteiger partial charge on any atom is 0.336 e. The first-order valence-corrected chi connectivity index (χ1v) is 9.60. The van der Waals surface area contributed by atoms with Gasteiger partial charge in [0.1, 0.15) is 0 Å². The number of benzene rings is 2. The molecular formula is C22H18BrNO3. The number of hydrogen-bond acceptors (Lipinski definition) is 4. The van der Waals surface area contributed by atoms with Gasteiger partial charge in [0.2, 0.25) is 0 Å². The number of allylic oxidation sites excluding steroid dienone is 2. The van der Waals surface area contributed by atoms with Crippen molar-refractivity contribution in [2.45, 2.75) is 19.8 Å². The number of ether oxygens (including phenoxy) is 1. The number of dihydropyridines is 1. The van der Waals surface area contributed by atoms with E-state index in [1.54, 1.807) is 6.92 Å². The van der Waals surface area contributed by atoms with E-state index in [0.717, 1.165) is 21.3 Å². The number of carbonyl (C=O) groups is 2. The van der Waals surface area contributed by atoms with Gasteiger partial charge < -0.3 is 10.1 Å². The number of nitrogens with one attached hydrogen (secondary N) is 1. The second-order valence-electron chi connectivity index (χ2n) is 6.54. The molecule has 136 valence electrons. The second-order valence-corrected chi connectivity index (χ2v) is 7.45. The maximum atomic E-state index is 13.2. The third kappa shape index (κ3) is 2.82. The molecule has 4 nitrogen and oxygen atoms in total. The minimum Gasteiger partial charge on any atom is -0.463 e. The molecular weight excluding hydrogens is 406 g/mol. The molecule has 0 spiro atoms. The average Bonchev–Trinajstić information content (AvgIpc) is 2.93.